The summed E-state index contributed by atoms with van der Waals surface area (Å²) >= 11 is 0. The largest absolute Gasteiger partial charge is 0.379 e. The number of carbonyl (C=O) groups excluding carboxylic acids is 1. The van der Waals surface area contributed by atoms with E-state index in [4.69, 9.17) is 4.74 Å². The highest BCUT2D eigenvalue weighted by Gasteiger charge is 2.29. The highest BCUT2D eigenvalue weighted by molar-refractivity contribution is 7.89. The van der Waals surface area contributed by atoms with Crippen molar-refractivity contribution in [3.8, 4) is 0 Å². The van der Waals surface area contributed by atoms with E-state index in [-0.39, 0.29) is 16.8 Å². The van der Waals surface area contributed by atoms with E-state index in [1.54, 1.807) is 11.6 Å². The summed E-state index contributed by atoms with van der Waals surface area (Å²) < 4.78 is 34.0. The summed E-state index contributed by atoms with van der Waals surface area (Å²) in [4.78, 5) is 15.4. The van der Waals surface area contributed by atoms with Gasteiger partial charge in [-0.1, -0.05) is 30.3 Å². The number of piperidine rings is 1. The third-order valence-corrected chi connectivity index (χ3v) is 7.86. The van der Waals surface area contributed by atoms with Gasteiger partial charge in [-0.3, -0.25) is 9.69 Å². The van der Waals surface area contributed by atoms with Gasteiger partial charge in [-0.25, -0.2) is 8.42 Å². The van der Waals surface area contributed by atoms with Gasteiger partial charge in [-0.15, -0.1) is 0 Å². The van der Waals surface area contributed by atoms with E-state index in [0.29, 0.717) is 32.0 Å². The van der Waals surface area contributed by atoms with Crippen molar-refractivity contribution in [2.75, 3.05) is 39.4 Å². The Morgan fingerprint density at radius 1 is 1.10 bits per heavy atom. The molecule has 1 N–H and O–H groups in total. The molecular formula is C22H30N4O4S. The van der Waals surface area contributed by atoms with Crippen LogP contribution in [-0.4, -0.2) is 73.5 Å². The molecule has 2 fully saturated rings. The van der Waals surface area contributed by atoms with Crippen molar-refractivity contribution >= 4 is 15.9 Å². The number of amides is 1. The number of benzene rings is 1. The first-order valence-corrected chi connectivity index (χ1v) is 12.2. The molecule has 31 heavy (non-hydrogen) atoms. The second kappa shape index (κ2) is 9.52. The van der Waals surface area contributed by atoms with Crippen LogP contribution in [0.3, 0.4) is 0 Å². The molecule has 2 aromatic rings. The number of ether oxygens (including phenoxy) is 1. The quantitative estimate of drug-likeness (QED) is 0.726. The summed E-state index contributed by atoms with van der Waals surface area (Å²) in [5.74, 6) is -0.229. The lowest BCUT2D eigenvalue weighted by Crippen LogP contribution is -2.44. The van der Waals surface area contributed by atoms with E-state index in [1.807, 2.05) is 6.07 Å². The Hall–Kier alpha value is -2.20. The minimum atomic E-state index is -3.62. The van der Waals surface area contributed by atoms with Crippen LogP contribution in [0, 0.1) is 0 Å². The lowest BCUT2D eigenvalue weighted by molar-refractivity contribution is 0.0730. The summed E-state index contributed by atoms with van der Waals surface area (Å²) in [6, 6.07) is 12.0. The van der Waals surface area contributed by atoms with E-state index in [0.717, 1.165) is 32.5 Å². The lowest BCUT2D eigenvalue weighted by Gasteiger charge is -2.32. The summed E-state index contributed by atoms with van der Waals surface area (Å²) in [5, 5.41) is 3.09. The third kappa shape index (κ3) is 5.17. The predicted octanol–water partition coefficient (Wildman–Crippen LogP) is 1.44. The maximum Gasteiger partial charge on any atom is 0.268 e. The highest BCUT2D eigenvalue weighted by atomic mass is 32.2. The first kappa shape index (κ1) is 22.0. The summed E-state index contributed by atoms with van der Waals surface area (Å²) in [5.41, 5.74) is 1.65. The van der Waals surface area contributed by atoms with E-state index >= 15 is 0 Å². The Morgan fingerprint density at radius 3 is 2.45 bits per heavy atom. The Labute approximate surface area is 183 Å². The van der Waals surface area contributed by atoms with Crippen molar-refractivity contribution < 1.29 is 17.9 Å². The molecular weight excluding hydrogens is 416 g/mol. The zero-order valence-electron chi connectivity index (χ0n) is 17.9. The van der Waals surface area contributed by atoms with Gasteiger partial charge in [0.2, 0.25) is 10.0 Å². The second-order valence-corrected chi connectivity index (χ2v) is 10.1. The van der Waals surface area contributed by atoms with Crippen LogP contribution < -0.4 is 5.32 Å². The molecule has 1 aromatic heterocycles. The SMILES string of the molecule is Cn1cc(S(=O)(=O)N2CCOCC2)cc1C(=O)NC1CCN(Cc2ccccc2)CC1. The van der Waals surface area contributed by atoms with Crippen LogP contribution in [0.1, 0.15) is 28.9 Å². The number of rotatable bonds is 6. The molecule has 0 spiro atoms. The number of hydrogen-bond acceptors (Lipinski definition) is 5. The molecule has 2 aliphatic heterocycles. The maximum atomic E-state index is 12.9. The average Bonchev–Trinajstić information content (AvgIpc) is 3.19. The summed E-state index contributed by atoms with van der Waals surface area (Å²) in [6.07, 6.45) is 3.27. The van der Waals surface area contributed by atoms with E-state index < -0.39 is 10.0 Å². The van der Waals surface area contributed by atoms with E-state index in [9.17, 15) is 13.2 Å². The molecule has 3 heterocycles. The topological polar surface area (TPSA) is 83.9 Å². The van der Waals surface area contributed by atoms with Gasteiger partial charge in [0.05, 0.1) is 13.2 Å². The molecule has 1 aromatic carbocycles. The third-order valence-electron chi connectivity index (χ3n) is 5.99. The second-order valence-electron chi connectivity index (χ2n) is 8.20. The maximum absolute atomic E-state index is 12.9. The molecule has 2 saturated heterocycles. The number of sulfonamides is 1. The molecule has 0 unspecified atom stereocenters. The van der Waals surface area contributed by atoms with Crippen molar-refractivity contribution in [1.82, 2.24) is 19.1 Å². The average molecular weight is 447 g/mol. The van der Waals surface area contributed by atoms with Gasteiger partial charge < -0.3 is 14.6 Å². The number of hydrogen-bond donors (Lipinski definition) is 1. The predicted molar refractivity (Wildman–Crippen MR) is 117 cm³/mol. The molecule has 8 nitrogen and oxygen atoms in total. The van der Waals surface area contributed by atoms with E-state index in [1.165, 1.54) is 22.1 Å². The molecule has 0 bridgehead atoms. The number of morpholine rings is 1. The van der Waals surface area contributed by atoms with Crippen molar-refractivity contribution in [2.45, 2.75) is 30.3 Å². The van der Waals surface area contributed by atoms with Crippen molar-refractivity contribution in [3.63, 3.8) is 0 Å². The minimum absolute atomic E-state index is 0.0914. The molecule has 168 valence electrons. The normalized spacial score (nSPS) is 19.4. The summed E-state index contributed by atoms with van der Waals surface area (Å²) in [7, 11) is -1.92. The Kier molecular flexibility index (Phi) is 6.76. The molecule has 0 radical (unpaired) electrons. The van der Waals surface area contributed by atoms with Crippen LogP contribution in [0.25, 0.3) is 0 Å². The molecule has 9 heteroatoms. The molecule has 0 aliphatic carbocycles. The Balaban J connectivity index is 1.34. The number of nitrogens with zero attached hydrogens (tertiary/aromatic N) is 3. The van der Waals surface area contributed by atoms with Gasteiger partial charge in [0, 0.05) is 52.0 Å². The Morgan fingerprint density at radius 2 is 1.77 bits per heavy atom. The Bertz CT molecular complexity index is 992. The van der Waals surface area contributed by atoms with Crippen molar-refractivity contribution in [3.05, 3.63) is 53.9 Å². The van der Waals surface area contributed by atoms with E-state index in [2.05, 4.69) is 34.5 Å². The van der Waals surface area contributed by atoms with Gasteiger partial charge in [0.1, 0.15) is 10.6 Å². The molecule has 4 rings (SSSR count). The fraction of sp³-hybridized carbons (Fsp3) is 0.500. The van der Waals surface area contributed by atoms with Crippen LogP contribution in [0.4, 0.5) is 0 Å². The van der Waals surface area contributed by atoms with Crippen LogP contribution in [0.2, 0.25) is 0 Å². The smallest absolute Gasteiger partial charge is 0.268 e. The van der Waals surface area contributed by atoms with Crippen molar-refractivity contribution in [1.29, 1.82) is 0 Å². The van der Waals surface area contributed by atoms with Gasteiger partial charge in [0.15, 0.2) is 0 Å². The fourth-order valence-electron chi connectivity index (χ4n) is 4.17. The minimum Gasteiger partial charge on any atom is -0.379 e. The van der Waals surface area contributed by atoms with Gasteiger partial charge >= 0.3 is 0 Å². The fourth-order valence-corrected chi connectivity index (χ4v) is 5.65. The molecule has 0 atom stereocenters. The van der Waals surface area contributed by atoms with Gasteiger partial charge in [-0.2, -0.15) is 4.31 Å². The zero-order valence-corrected chi connectivity index (χ0v) is 18.7. The zero-order chi connectivity index (χ0) is 21.8. The van der Waals surface area contributed by atoms with Crippen LogP contribution >= 0.6 is 0 Å². The number of aryl methyl sites for hydroxylation is 1. The van der Waals surface area contributed by atoms with Gasteiger partial charge in [-0.05, 0) is 24.5 Å². The van der Waals surface area contributed by atoms with Crippen LogP contribution in [0.15, 0.2) is 47.5 Å². The first-order valence-electron chi connectivity index (χ1n) is 10.7. The van der Waals surface area contributed by atoms with Crippen LogP contribution in [-0.2, 0) is 28.4 Å². The lowest BCUT2D eigenvalue weighted by atomic mass is 10.0. The number of carbonyl (C=O) groups is 1. The standard InChI is InChI=1S/C22H30N4O4S/c1-24-17-20(31(28,29)26-11-13-30-14-12-26)15-21(24)22(27)23-19-7-9-25(10-8-19)16-18-5-3-2-4-6-18/h2-6,15,17,19H,7-14,16H2,1H3,(H,23,27). The number of likely N-dealkylation sites (tertiary alicyclic amines) is 1. The highest BCUT2D eigenvalue weighted by Crippen LogP contribution is 2.20. The first-order chi connectivity index (χ1) is 14.9. The van der Waals surface area contributed by atoms with Gasteiger partial charge in [0.25, 0.3) is 5.91 Å². The molecule has 1 amide bonds. The number of aromatic nitrogens is 1. The number of nitrogens with one attached hydrogen (secondary N) is 1. The molecule has 0 saturated carbocycles. The van der Waals surface area contributed by atoms with Crippen LogP contribution in [0.5, 0.6) is 0 Å². The summed E-state index contributed by atoms with van der Waals surface area (Å²) in [6.45, 7) is 4.21. The molecule has 2 aliphatic rings. The van der Waals surface area contributed by atoms with Crippen molar-refractivity contribution in [2.24, 2.45) is 7.05 Å². The monoisotopic (exact) mass is 446 g/mol.